The second-order valence-electron chi connectivity index (χ2n) is 16.5. The fraction of sp³-hybridized carbons (Fsp3) is 0.109. The number of nitrogens with zero attached hydrogens (tertiary/aromatic N) is 9. The van der Waals surface area contributed by atoms with Crippen LogP contribution in [-0.2, 0) is 0 Å². The summed E-state index contributed by atoms with van der Waals surface area (Å²) in [7, 11) is 0. The van der Waals surface area contributed by atoms with Gasteiger partial charge in [-0.15, -0.1) is 0 Å². The van der Waals surface area contributed by atoms with Gasteiger partial charge in [0.25, 0.3) is 0 Å². The van der Waals surface area contributed by atoms with Gasteiger partial charge in [0.15, 0.2) is 17.3 Å². The van der Waals surface area contributed by atoms with Crippen LogP contribution >= 0.6 is 0 Å². The SMILES string of the molecule is [C-]#[N+]c1ccc(-n2c3ccccc3c3cc(-c4nc(C)nc(C)n4)ccc32)c(-c2cc(-n3c4ccccc4c4cc(-c5nc(C)nc(C)n5)ccc43)ccc2-c2ccc(C)cc2C)c1. The van der Waals surface area contributed by atoms with Crippen molar-refractivity contribution in [3.8, 4) is 56.4 Å². The molecule has 0 spiro atoms. The van der Waals surface area contributed by atoms with Crippen LogP contribution in [0.15, 0.2) is 140 Å². The lowest BCUT2D eigenvalue weighted by molar-refractivity contribution is 0.928. The van der Waals surface area contributed by atoms with Crippen molar-refractivity contribution in [2.24, 2.45) is 0 Å². The first kappa shape index (κ1) is 38.6. The Labute approximate surface area is 370 Å². The molecule has 0 fully saturated rings. The van der Waals surface area contributed by atoms with E-state index in [0.29, 0.717) is 40.6 Å². The highest BCUT2D eigenvalue weighted by Crippen LogP contribution is 2.44. The fourth-order valence-corrected chi connectivity index (χ4v) is 9.50. The van der Waals surface area contributed by atoms with Crippen molar-refractivity contribution in [3.05, 3.63) is 185 Å². The van der Waals surface area contributed by atoms with Crippen molar-refractivity contribution in [3.63, 3.8) is 0 Å². The molecule has 11 rings (SSSR count). The predicted octanol–water partition coefficient (Wildman–Crippen LogP) is 13.3. The maximum Gasteiger partial charge on any atom is 0.188 e. The normalized spacial score (nSPS) is 11.6. The van der Waals surface area contributed by atoms with E-state index in [1.165, 1.54) is 11.1 Å². The first-order valence-electron chi connectivity index (χ1n) is 21.3. The van der Waals surface area contributed by atoms with Crippen molar-refractivity contribution in [2.45, 2.75) is 41.5 Å². The molecule has 11 aromatic rings. The molecule has 0 radical (unpaired) electrons. The van der Waals surface area contributed by atoms with Crippen molar-refractivity contribution in [1.29, 1.82) is 0 Å². The van der Waals surface area contributed by atoms with Gasteiger partial charge in [0.05, 0.1) is 34.3 Å². The van der Waals surface area contributed by atoms with Gasteiger partial charge in [-0.05, 0) is 142 Å². The standard InChI is InChI=1S/C55H41N9/c1-31-16-21-41(32(2)26-31)42-22-20-40(63-49-14-10-8-12-43(49)46-27-37(17-23-51(46)63)54-59-33(3)57-34(4)60-54)30-45(42)48-29-39(56-7)19-25-53(48)64-50-15-11-9-13-44(50)47-28-38(18-24-52(47)64)55-61-35(5)58-36(6)62-55/h8-30H,1-6H3. The summed E-state index contributed by atoms with van der Waals surface area (Å²) >= 11 is 0. The molecule has 9 heteroatoms. The van der Waals surface area contributed by atoms with Crippen LogP contribution < -0.4 is 0 Å². The largest absolute Gasteiger partial charge is 0.309 e. The van der Waals surface area contributed by atoms with Crippen molar-refractivity contribution >= 4 is 49.3 Å². The zero-order valence-electron chi connectivity index (χ0n) is 36.3. The van der Waals surface area contributed by atoms with E-state index < -0.39 is 0 Å². The van der Waals surface area contributed by atoms with Gasteiger partial charge in [0, 0.05) is 38.4 Å². The lowest BCUT2D eigenvalue weighted by atomic mass is 9.90. The maximum atomic E-state index is 8.25. The lowest BCUT2D eigenvalue weighted by Gasteiger charge is -2.20. The summed E-state index contributed by atoms with van der Waals surface area (Å²) in [6, 6.07) is 49.5. The first-order chi connectivity index (χ1) is 31.1. The number of fused-ring (bicyclic) bond motifs is 6. The highest BCUT2D eigenvalue weighted by molar-refractivity contribution is 6.12. The molecule has 64 heavy (non-hydrogen) atoms. The lowest BCUT2D eigenvalue weighted by Crippen LogP contribution is -2.01. The molecule has 4 heterocycles. The third-order valence-electron chi connectivity index (χ3n) is 12.2. The van der Waals surface area contributed by atoms with Gasteiger partial charge in [-0.3, -0.25) is 0 Å². The Hall–Kier alpha value is -8.35. The molecule has 0 atom stereocenters. The summed E-state index contributed by atoms with van der Waals surface area (Å²) in [6.07, 6.45) is 0. The molecule has 7 aromatic carbocycles. The second-order valence-corrected chi connectivity index (χ2v) is 16.5. The molecule has 0 saturated carbocycles. The third-order valence-corrected chi connectivity index (χ3v) is 12.2. The molecular formula is C55H41N9. The van der Waals surface area contributed by atoms with Crippen molar-refractivity contribution in [2.75, 3.05) is 0 Å². The Bertz CT molecular complexity index is 3730. The van der Waals surface area contributed by atoms with Crippen LogP contribution in [0.25, 0.3) is 105 Å². The zero-order valence-corrected chi connectivity index (χ0v) is 36.3. The molecular weight excluding hydrogens is 787 g/mol. The minimum atomic E-state index is 0.563. The van der Waals surface area contributed by atoms with Gasteiger partial charge in [-0.25, -0.2) is 34.7 Å². The number of aromatic nitrogens is 8. The smallest absolute Gasteiger partial charge is 0.188 e. The molecule has 0 unspecified atom stereocenters. The summed E-state index contributed by atoms with van der Waals surface area (Å²) in [5.74, 6) is 4.07. The summed E-state index contributed by atoms with van der Waals surface area (Å²) in [5.41, 5.74) is 15.2. The summed E-state index contributed by atoms with van der Waals surface area (Å²) < 4.78 is 4.69. The molecule has 4 aromatic heterocycles. The van der Waals surface area contributed by atoms with E-state index in [4.69, 9.17) is 26.5 Å². The minimum Gasteiger partial charge on any atom is -0.309 e. The van der Waals surface area contributed by atoms with E-state index >= 15 is 0 Å². The van der Waals surface area contributed by atoms with Crippen LogP contribution in [0, 0.1) is 48.1 Å². The van der Waals surface area contributed by atoms with E-state index in [9.17, 15) is 0 Å². The number of hydrogen-bond acceptors (Lipinski definition) is 6. The van der Waals surface area contributed by atoms with Crippen LogP contribution in [0.2, 0.25) is 0 Å². The van der Waals surface area contributed by atoms with Crippen molar-refractivity contribution < 1.29 is 0 Å². The van der Waals surface area contributed by atoms with Gasteiger partial charge in [-0.1, -0.05) is 72.3 Å². The number of benzene rings is 7. The number of aryl methyl sites for hydroxylation is 6. The van der Waals surface area contributed by atoms with E-state index in [1.54, 1.807) is 0 Å². The topological polar surface area (TPSA) is 91.6 Å². The van der Waals surface area contributed by atoms with E-state index in [2.05, 4.69) is 171 Å². The average Bonchev–Trinajstić information content (AvgIpc) is 3.80. The Balaban J connectivity index is 1.18. The molecule has 0 amide bonds. The van der Waals surface area contributed by atoms with E-state index in [-0.39, 0.29) is 0 Å². The number of rotatable bonds is 6. The third kappa shape index (κ3) is 6.38. The number of para-hydroxylation sites is 2. The van der Waals surface area contributed by atoms with Crippen LogP contribution in [0.1, 0.15) is 34.4 Å². The summed E-state index contributed by atoms with van der Waals surface area (Å²) in [6.45, 7) is 20.2. The van der Waals surface area contributed by atoms with Gasteiger partial charge in [0.2, 0.25) is 0 Å². The van der Waals surface area contributed by atoms with Crippen LogP contribution in [0.3, 0.4) is 0 Å². The monoisotopic (exact) mass is 827 g/mol. The molecule has 306 valence electrons. The highest BCUT2D eigenvalue weighted by atomic mass is 15.0. The average molecular weight is 828 g/mol. The second kappa shape index (κ2) is 14.9. The molecule has 0 bridgehead atoms. The summed E-state index contributed by atoms with van der Waals surface area (Å²) in [5, 5.41) is 4.42. The maximum absolute atomic E-state index is 8.25. The van der Waals surface area contributed by atoms with Gasteiger partial charge in [-0.2, -0.15) is 0 Å². The Morgan fingerprint density at radius 1 is 0.406 bits per heavy atom. The van der Waals surface area contributed by atoms with Gasteiger partial charge < -0.3 is 9.13 Å². The van der Waals surface area contributed by atoms with Crippen LogP contribution in [-0.4, -0.2) is 39.0 Å². The first-order valence-corrected chi connectivity index (χ1v) is 21.3. The van der Waals surface area contributed by atoms with Crippen molar-refractivity contribution in [1.82, 2.24) is 39.0 Å². The van der Waals surface area contributed by atoms with Gasteiger partial charge >= 0.3 is 0 Å². The molecule has 0 aliphatic heterocycles. The minimum absolute atomic E-state index is 0.563. The quantitative estimate of drug-likeness (QED) is 0.155. The van der Waals surface area contributed by atoms with Crippen LogP contribution in [0.4, 0.5) is 5.69 Å². The molecule has 0 aliphatic carbocycles. The predicted molar refractivity (Wildman–Crippen MR) is 258 cm³/mol. The fourth-order valence-electron chi connectivity index (χ4n) is 9.50. The molecule has 0 saturated heterocycles. The van der Waals surface area contributed by atoms with E-state index in [0.717, 1.165) is 88.4 Å². The molecule has 0 N–H and O–H groups in total. The Morgan fingerprint density at radius 3 is 1.52 bits per heavy atom. The van der Waals surface area contributed by atoms with Gasteiger partial charge in [0.1, 0.15) is 23.3 Å². The molecule has 9 nitrogen and oxygen atoms in total. The number of hydrogen-bond donors (Lipinski definition) is 0. The van der Waals surface area contributed by atoms with Crippen LogP contribution in [0.5, 0.6) is 0 Å². The Morgan fingerprint density at radius 2 is 0.938 bits per heavy atom. The summed E-state index contributed by atoms with van der Waals surface area (Å²) in [4.78, 5) is 31.6. The highest BCUT2D eigenvalue weighted by Gasteiger charge is 2.22. The van der Waals surface area contributed by atoms with E-state index in [1.807, 2.05) is 33.8 Å². The zero-order chi connectivity index (χ0) is 43.8. The Kier molecular flexibility index (Phi) is 9.00. The molecule has 0 aliphatic rings.